The number of hydrogen-bond donors (Lipinski definition) is 1. The average Bonchev–Trinajstić information content (AvgIpc) is 3.04. The lowest BCUT2D eigenvalue weighted by atomic mass is 10.2. The van der Waals surface area contributed by atoms with Crippen molar-refractivity contribution in [1.29, 1.82) is 0 Å². The number of nitrogens with one attached hydrogen (secondary N) is 1. The molecule has 0 bridgehead atoms. The average molecular weight is 271 g/mol. The van der Waals surface area contributed by atoms with Crippen molar-refractivity contribution in [3.05, 3.63) is 36.4 Å². The number of rotatable bonds is 5. The Morgan fingerprint density at radius 3 is 2.90 bits per heavy atom. The van der Waals surface area contributed by atoms with Gasteiger partial charge in [0.1, 0.15) is 11.8 Å². The van der Waals surface area contributed by atoms with E-state index in [1.807, 2.05) is 24.3 Å². The predicted molar refractivity (Wildman–Crippen MR) is 76.3 cm³/mol. The minimum Gasteiger partial charge on any atom is -0.463 e. The van der Waals surface area contributed by atoms with Crippen LogP contribution >= 0.6 is 0 Å². The molecule has 5 heteroatoms. The van der Waals surface area contributed by atoms with Gasteiger partial charge in [-0.15, -0.1) is 10.2 Å². The Kier molecular flexibility index (Phi) is 3.52. The molecule has 0 unspecified atom stereocenters. The van der Waals surface area contributed by atoms with E-state index < -0.39 is 0 Å². The van der Waals surface area contributed by atoms with E-state index in [2.05, 4.69) is 29.4 Å². The maximum atomic E-state index is 5.70. The molecule has 0 spiro atoms. The molecule has 0 aliphatic heterocycles. The molecule has 5 nitrogen and oxygen atoms in total. The summed E-state index contributed by atoms with van der Waals surface area (Å²) in [5, 5.41) is 12.5. The summed E-state index contributed by atoms with van der Waals surface area (Å²) in [6, 6.07) is 8.26. The van der Waals surface area contributed by atoms with Crippen LogP contribution in [-0.2, 0) is 6.42 Å². The molecule has 2 heterocycles. The number of aromatic nitrogens is 2. The fourth-order valence-corrected chi connectivity index (χ4v) is 2.07. The van der Waals surface area contributed by atoms with E-state index in [4.69, 9.17) is 8.83 Å². The fourth-order valence-electron chi connectivity index (χ4n) is 2.07. The van der Waals surface area contributed by atoms with Crippen LogP contribution in [0, 0.1) is 0 Å². The zero-order valence-corrected chi connectivity index (χ0v) is 11.6. The minimum atomic E-state index is 0.454. The van der Waals surface area contributed by atoms with E-state index in [1.54, 1.807) is 6.26 Å². The summed E-state index contributed by atoms with van der Waals surface area (Å²) in [5.74, 6) is 1.15. The van der Waals surface area contributed by atoms with Crippen molar-refractivity contribution >= 4 is 11.0 Å². The second kappa shape index (κ2) is 5.46. The van der Waals surface area contributed by atoms with Gasteiger partial charge in [-0.3, -0.25) is 0 Å². The van der Waals surface area contributed by atoms with Gasteiger partial charge in [0, 0.05) is 24.4 Å². The molecule has 0 saturated carbocycles. The Balaban J connectivity index is 1.79. The van der Waals surface area contributed by atoms with Crippen molar-refractivity contribution in [1.82, 2.24) is 15.5 Å². The summed E-state index contributed by atoms with van der Waals surface area (Å²) < 4.78 is 11.2. The van der Waals surface area contributed by atoms with Crippen LogP contribution in [0.1, 0.15) is 19.7 Å². The van der Waals surface area contributed by atoms with Gasteiger partial charge in [0.05, 0.1) is 5.56 Å². The number of furan rings is 1. The third-order valence-corrected chi connectivity index (χ3v) is 3.07. The van der Waals surface area contributed by atoms with Gasteiger partial charge in [-0.25, -0.2) is 0 Å². The molecule has 0 saturated heterocycles. The minimum absolute atomic E-state index is 0.454. The molecule has 0 amide bonds. The van der Waals surface area contributed by atoms with Gasteiger partial charge in [-0.05, 0) is 6.07 Å². The van der Waals surface area contributed by atoms with Crippen LogP contribution in [0.3, 0.4) is 0 Å². The lowest BCUT2D eigenvalue weighted by Gasteiger charge is -2.04. The largest absolute Gasteiger partial charge is 0.463 e. The Hall–Kier alpha value is -2.14. The third-order valence-electron chi connectivity index (χ3n) is 3.07. The van der Waals surface area contributed by atoms with Crippen molar-refractivity contribution in [3.8, 4) is 11.5 Å². The van der Waals surface area contributed by atoms with E-state index in [0.29, 0.717) is 17.8 Å². The van der Waals surface area contributed by atoms with E-state index >= 15 is 0 Å². The molecule has 0 atom stereocenters. The van der Waals surface area contributed by atoms with Crippen molar-refractivity contribution in [3.63, 3.8) is 0 Å². The molecule has 1 aromatic carbocycles. The zero-order chi connectivity index (χ0) is 13.9. The highest BCUT2D eigenvalue weighted by Crippen LogP contribution is 2.29. The molecule has 3 aromatic rings. The molecule has 0 aliphatic rings. The first-order valence-corrected chi connectivity index (χ1v) is 6.76. The molecule has 1 N–H and O–H groups in total. The van der Waals surface area contributed by atoms with Crippen LogP contribution < -0.4 is 5.32 Å². The maximum absolute atomic E-state index is 5.70. The van der Waals surface area contributed by atoms with Gasteiger partial charge in [0.25, 0.3) is 5.89 Å². The topological polar surface area (TPSA) is 64.1 Å². The second-order valence-corrected chi connectivity index (χ2v) is 5.01. The molecule has 20 heavy (non-hydrogen) atoms. The third kappa shape index (κ3) is 2.58. The first-order chi connectivity index (χ1) is 9.74. The number of fused-ring (bicyclic) bond motifs is 1. The van der Waals surface area contributed by atoms with Crippen molar-refractivity contribution in [2.75, 3.05) is 6.54 Å². The van der Waals surface area contributed by atoms with Crippen molar-refractivity contribution in [2.24, 2.45) is 0 Å². The summed E-state index contributed by atoms with van der Waals surface area (Å²) in [7, 11) is 0. The molecular weight excluding hydrogens is 254 g/mol. The molecule has 2 aromatic heterocycles. The SMILES string of the molecule is CC(C)NCCc1nnc(-c2coc3ccccc23)o1. The quantitative estimate of drug-likeness (QED) is 0.772. The maximum Gasteiger partial charge on any atom is 0.251 e. The van der Waals surface area contributed by atoms with E-state index in [-0.39, 0.29) is 0 Å². The van der Waals surface area contributed by atoms with Gasteiger partial charge in [-0.1, -0.05) is 32.0 Å². The van der Waals surface area contributed by atoms with Crippen LogP contribution in [0.2, 0.25) is 0 Å². The lowest BCUT2D eigenvalue weighted by Crippen LogP contribution is -2.25. The van der Waals surface area contributed by atoms with Gasteiger partial charge < -0.3 is 14.2 Å². The van der Waals surface area contributed by atoms with Crippen LogP contribution in [0.5, 0.6) is 0 Å². The molecule has 0 aliphatic carbocycles. The second-order valence-electron chi connectivity index (χ2n) is 5.01. The molecule has 104 valence electrons. The summed E-state index contributed by atoms with van der Waals surface area (Å²) in [6.45, 7) is 5.04. The van der Waals surface area contributed by atoms with Gasteiger partial charge in [-0.2, -0.15) is 0 Å². The lowest BCUT2D eigenvalue weighted by molar-refractivity contribution is 0.484. The van der Waals surface area contributed by atoms with Crippen molar-refractivity contribution < 1.29 is 8.83 Å². The van der Waals surface area contributed by atoms with Crippen molar-refractivity contribution in [2.45, 2.75) is 26.3 Å². The zero-order valence-electron chi connectivity index (χ0n) is 11.6. The van der Waals surface area contributed by atoms with Gasteiger partial charge in [0.15, 0.2) is 0 Å². The summed E-state index contributed by atoms with van der Waals surface area (Å²) >= 11 is 0. The first kappa shape index (κ1) is 12.9. The van der Waals surface area contributed by atoms with Crippen LogP contribution in [0.25, 0.3) is 22.4 Å². The summed E-state index contributed by atoms with van der Waals surface area (Å²) in [6.07, 6.45) is 2.38. The normalized spacial score (nSPS) is 11.6. The smallest absolute Gasteiger partial charge is 0.251 e. The Morgan fingerprint density at radius 1 is 1.20 bits per heavy atom. The van der Waals surface area contributed by atoms with E-state index in [9.17, 15) is 0 Å². The van der Waals surface area contributed by atoms with Crippen LogP contribution in [0.15, 0.2) is 39.4 Å². The van der Waals surface area contributed by atoms with E-state index in [1.165, 1.54) is 0 Å². The van der Waals surface area contributed by atoms with Gasteiger partial charge >= 0.3 is 0 Å². The first-order valence-electron chi connectivity index (χ1n) is 6.76. The molecule has 0 radical (unpaired) electrons. The van der Waals surface area contributed by atoms with E-state index in [0.717, 1.165) is 29.5 Å². The number of hydrogen-bond acceptors (Lipinski definition) is 5. The predicted octanol–water partition coefficient (Wildman–Crippen LogP) is 3.02. The molecular formula is C15H17N3O2. The summed E-state index contributed by atoms with van der Waals surface area (Å²) in [5.41, 5.74) is 1.67. The Morgan fingerprint density at radius 2 is 2.05 bits per heavy atom. The van der Waals surface area contributed by atoms with Crippen LogP contribution in [0.4, 0.5) is 0 Å². The highest BCUT2D eigenvalue weighted by molar-refractivity contribution is 5.91. The number of para-hydroxylation sites is 1. The standard InChI is InChI=1S/C15H17N3O2/c1-10(2)16-8-7-14-17-18-15(20-14)12-9-19-13-6-4-3-5-11(12)13/h3-6,9-10,16H,7-8H2,1-2H3. The number of nitrogens with zero attached hydrogens (tertiary/aromatic N) is 2. The van der Waals surface area contributed by atoms with Crippen LogP contribution in [-0.4, -0.2) is 22.8 Å². The number of benzene rings is 1. The fraction of sp³-hybridized carbons (Fsp3) is 0.333. The highest BCUT2D eigenvalue weighted by atomic mass is 16.4. The Bertz CT molecular complexity index is 700. The molecule has 0 fully saturated rings. The highest BCUT2D eigenvalue weighted by Gasteiger charge is 2.14. The Labute approximate surface area is 117 Å². The van der Waals surface area contributed by atoms with Gasteiger partial charge in [0.2, 0.25) is 5.89 Å². The molecule has 3 rings (SSSR count). The summed E-state index contributed by atoms with van der Waals surface area (Å²) in [4.78, 5) is 0. The monoisotopic (exact) mass is 271 g/mol.